The van der Waals surface area contributed by atoms with Gasteiger partial charge in [0.2, 0.25) is 0 Å². The summed E-state index contributed by atoms with van der Waals surface area (Å²) in [7, 11) is 1.77. The SMILES string of the molecule is COC1CCC(Nc2ncnc3ccc(N)cc23)C1. The Morgan fingerprint density at radius 1 is 1.32 bits per heavy atom. The summed E-state index contributed by atoms with van der Waals surface area (Å²) in [6.45, 7) is 0. The van der Waals surface area contributed by atoms with Gasteiger partial charge in [-0.1, -0.05) is 0 Å². The number of ether oxygens (including phenoxy) is 1. The van der Waals surface area contributed by atoms with Gasteiger partial charge in [0.1, 0.15) is 12.1 Å². The summed E-state index contributed by atoms with van der Waals surface area (Å²) in [5, 5.41) is 4.46. The lowest BCUT2D eigenvalue weighted by Gasteiger charge is -2.15. The van der Waals surface area contributed by atoms with E-state index in [-0.39, 0.29) is 0 Å². The summed E-state index contributed by atoms with van der Waals surface area (Å²) < 4.78 is 5.39. The molecule has 3 N–H and O–H groups in total. The van der Waals surface area contributed by atoms with Crippen LogP contribution in [0.5, 0.6) is 0 Å². The van der Waals surface area contributed by atoms with Crippen LogP contribution in [-0.2, 0) is 4.74 Å². The molecule has 0 bridgehead atoms. The largest absolute Gasteiger partial charge is 0.399 e. The summed E-state index contributed by atoms with van der Waals surface area (Å²) >= 11 is 0. The van der Waals surface area contributed by atoms with Crippen LogP contribution in [0.4, 0.5) is 11.5 Å². The van der Waals surface area contributed by atoms with Gasteiger partial charge >= 0.3 is 0 Å². The first-order chi connectivity index (χ1) is 9.26. The predicted molar refractivity (Wildman–Crippen MR) is 76.0 cm³/mol. The highest BCUT2D eigenvalue weighted by molar-refractivity contribution is 5.91. The van der Waals surface area contributed by atoms with Crippen molar-refractivity contribution in [3.63, 3.8) is 0 Å². The highest BCUT2D eigenvalue weighted by Gasteiger charge is 2.24. The molecule has 3 rings (SSSR count). The number of hydrogen-bond donors (Lipinski definition) is 2. The second-order valence-corrected chi connectivity index (χ2v) is 5.01. The van der Waals surface area contributed by atoms with Crippen LogP contribution < -0.4 is 11.1 Å². The highest BCUT2D eigenvalue weighted by atomic mass is 16.5. The first-order valence-corrected chi connectivity index (χ1v) is 6.56. The number of methoxy groups -OCH3 is 1. The zero-order chi connectivity index (χ0) is 13.2. The molecular formula is C14H18N4O. The van der Waals surface area contributed by atoms with Gasteiger partial charge in [-0.25, -0.2) is 9.97 Å². The first kappa shape index (κ1) is 12.2. The van der Waals surface area contributed by atoms with Crippen LogP contribution in [0, 0.1) is 0 Å². The maximum absolute atomic E-state index is 5.84. The lowest BCUT2D eigenvalue weighted by atomic mass is 10.2. The molecule has 1 aliphatic rings. The van der Waals surface area contributed by atoms with Crippen molar-refractivity contribution >= 4 is 22.4 Å². The van der Waals surface area contributed by atoms with Crippen LogP contribution >= 0.6 is 0 Å². The summed E-state index contributed by atoms with van der Waals surface area (Å²) in [6.07, 6.45) is 5.16. The number of nitrogens with two attached hydrogens (primary N) is 1. The molecule has 5 heteroatoms. The summed E-state index contributed by atoms with van der Waals surface area (Å²) in [4.78, 5) is 8.60. The van der Waals surface area contributed by atoms with Crippen molar-refractivity contribution in [1.82, 2.24) is 9.97 Å². The minimum absolute atomic E-state index is 0.357. The Labute approximate surface area is 112 Å². The van der Waals surface area contributed by atoms with Gasteiger partial charge in [-0.3, -0.25) is 0 Å². The molecule has 2 atom stereocenters. The molecule has 0 aliphatic heterocycles. The molecule has 1 aromatic carbocycles. The third-order valence-electron chi connectivity index (χ3n) is 3.72. The topological polar surface area (TPSA) is 73.1 Å². The van der Waals surface area contributed by atoms with E-state index in [4.69, 9.17) is 10.5 Å². The quantitative estimate of drug-likeness (QED) is 0.826. The Kier molecular flexibility index (Phi) is 3.21. The third kappa shape index (κ3) is 2.46. The molecule has 19 heavy (non-hydrogen) atoms. The maximum Gasteiger partial charge on any atom is 0.137 e. The number of hydrogen-bond acceptors (Lipinski definition) is 5. The standard InChI is InChI=1S/C14H18N4O/c1-19-11-4-3-10(7-11)18-14-12-6-9(15)2-5-13(12)16-8-17-14/h2,5-6,8,10-11H,3-4,7,15H2,1H3,(H,16,17,18). The second kappa shape index (κ2) is 5.01. The Morgan fingerprint density at radius 3 is 3.00 bits per heavy atom. The van der Waals surface area contributed by atoms with Crippen LogP contribution in [0.2, 0.25) is 0 Å². The number of nitrogens with one attached hydrogen (secondary N) is 1. The van der Waals surface area contributed by atoms with Crippen molar-refractivity contribution in [2.24, 2.45) is 0 Å². The first-order valence-electron chi connectivity index (χ1n) is 6.56. The summed E-state index contributed by atoms with van der Waals surface area (Å²) in [5.41, 5.74) is 7.48. The number of nitrogen functional groups attached to an aromatic ring is 1. The number of fused-ring (bicyclic) bond motifs is 1. The van der Waals surface area contributed by atoms with Gasteiger partial charge < -0.3 is 15.8 Å². The van der Waals surface area contributed by atoms with E-state index in [0.717, 1.165) is 41.7 Å². The molecule has 1 fully saturated rings. The van der Waals surface area contributed by atoms with E-state index in [2.05, 4.69) is 15.3 Å². The number of rotatable bonds is 3. The van der Waals surface area contributed by atoms with E-state index in [1.807, 2.05) is 18.2 Å². The molecule has 0 amide bonds. The average molecular weight is 258 g/mol. The molecule has 1 heterocycles. The van der Waals surface area contributed by atoms with Crippen molar-refractivity contribution in [3.8, 4) is 0 Å². The molecule has 1 aromatic heterocycles. The maximum atomic E-state index is 5.84. The number of nitrogens with zero attached hydrogens (tertiary/aromatic N) is 2. The monoisotopic (exact) mass is 258 g/mol. The molecule has 1 saturated carbocycles. The van der Waals surface area contributed by atoms with Gasteiger partial charge in [0.15, 0.2) is 0 Å². The Hall–Kier alpha value is -1.88. The predicted octanol–water partition coefficient (Wildman–Crippen LogP) is 2.19. The molecule has 1 aliphatic carbocycles. The fraction of sp³-hybridized carbons (Fsp3) is 0.429. The van der Waals surface area contributed by atoms with E-state index in [9.17, 15) is 0 Å². The lowest BCUT2D eigenvalue weighted by molar-refractivity contribution is 0.108. The fourth-order valence-corrected chi connectivity index (χ4v) is 2.67. The Balaban J connectivity index is 1.86. The zero-order valence-electron chi connectivity index (χ0n) is 11.0. The van der Waals surface area contributed by atoms with Crippen LogP contribution in [0.25, 0.3) is 10.9 Å². The zero-order valence-corrected chi connectivity index (χ0v) is 11.0. The molecule has 0 radical (unpaired) electrons. The van der Waals surface area contributed by atoms with E-state index < -0.39 is 0 Å². The number of anilines is 2. The Morgan fingerprint density at radius 2 is 2.21 bits per heavy atom. The van der Waals surface area contributed by atoms with Crippen molar-refractivity contribution in [2.75, 3.05) is 18.2 Å². The fourth-order valence-electron chi connectivity index (χ4n) is 2.67. The molecular weight excluding hydrogens is 240 g/mol. The number of aromatic nitrogens is 2. The van der Waals surface area contributed by atoms with Gasteiger partial charge in [-0.2, -0.15) is 0 Å². The van der Waals surface area contributed by atoms with Crippen LogP contribution in [0.3, 0.4) is 0 Å². The van der Waals surface area contributed by atoms with E-state index in [1.54, 1.807) is 13.4 Å². The van der Waals surface area contributed by atoms with Crippen molar-refractivity contribution in [2.45, 2.75) is 31.4 Å². The van der Waals surface area contributed by atoms with Crippen molar-refractivity contribution < 1.29 is 4.74 Å². The summed E-state index contributed by atoms with van der Waals surface area (Å²) in [5.74, 6) is 0.860. The Bertz CT molecular complexity index is 587. The molecule has 2 unspecified atom stereocenters. The smallest absolute Gasteiger partial charge is 0.137 e. The minimum Gasteiger partial charge on any atom is -0.399 e. The lowest BCUT2D eigenvalue weighted by Crippen LogP contribution is -2.18. The second-order valence-electron chi connectivity index (χ2n) is 5.01. The summed E-state index contributed by atoms with van der Waals surface area (Å²) in [6, 6.07) is 6.10. The third-order valence-corrected chi connectivity index (χ3v) is 3.72. The van der Waals surface area contributed by atoms with Crippen molar-refractivity contribution in [3.05, 3.63) is 24.5 Å². The van der Waals surface area contributed by atoms with Gasteiger partial charge in [-0.05, 0) is 37.5 Å². The van der Waals surface area contributed by atoms with Gasteiger partial charge in [0.25, 0.3) is 0 Å². The van der Waals surface area contributed by atoms with Gasteiger partial charge in [0, 0.05) is 24.2 Å². The molecule has 2 aromatic rings. The minimum atomic E-state index is 0.357. The molecule has 0 spiro atoms. The van der Waals surface area contributed by atoms with E-state index in [1.165, 1.54) is 0 Å². The van der Waals surface area contributed by atoms with Crippen LogP contribution in [-0.4, -0.2) is 29.2 Å². The van der Waals surface area contributed by atoms with Gasteiger partial charge in [-0.15, -0.1) is 0 Å². The molecule has 5 nitrogen and oxygen atoms in total. The molecule has 100 valence electrons. The van der Waals surface area contributed by atoms with E-state index >= 15 is 0 Å². The van der Waals surface area contributed by atoms with Crippen LogP contribution in [0.1, 0.15) is 19.3 Å². The number of benzene rings is 1. The van der Waals surface area contributed by atoms with Gasteiger partial charge in [0.05, 0.1) is 11.6 Å². The van der Waals surface area contributed by atoms with Crippen molar-refractivity contribution in [1.29, 1.82) is 0 Å². The van der Waals surface area contributed by atoms with E-state index in [0.29, 0.717) is 12.1 Å². The highest BCUT2D eigenvalue weighted by Crippen LogP contribution is 2.27. The van der Waals surface area contributed by atoms with Crippen LogP contribution in [0.15, 0.2) is 24.5 Å². The average Bonchev–Trinajstić information content (AvgIpc) is 2.87. The normalized spacial score (nSPS) is 22.8. The molecule has 0 saturated heterocycles.